The van der Waals surface area contributed by atoms with Gasteiger partial charge in [-0.2, -0.15) is 0 Å². The van der Waals surface area contributed by atoms with Gasteiger partial charge in [0.1, 0.15) is 0 Å². The molecule has 0 atom stereocenters. The topological polar surface area (TPSA) is 73.7 Å². The lowest BCUT2D eigenvalue weighted by Crippen LogP contribution is -1.84. The summed E-state index contributed by atoms with van der Waals surface area (Å²) in [6.45, 7) is 0. The summed E-state index contributed by atoms with van der Waals surface area (Å²) in [7, 11) is 0. The van der Waals surface area contributed by atoms with E-state index < -0.39 is 0 Å². The molecule has 6 heteroatoms. The maximum absolute atomic E-state index is 5.35. The van der Waals surface area contributed by atoms with Crippen LogP contribution in [-0.4, -0.2) is 15.4 Å². The number of rotatable bonds is 0. The van der Waals surface area contributed by atoms with Crippen molar-refractivity contribution in [1.29, 1.82) is 0 Å². The Kier molecular flexibility index (Phi) is 3.37. The SMILES string of the molecule is Clc1cc(Cl)nnn1.N. The highest BCUT2D eigenvalue weighted by atomic mass is 35.5. The molecule has 1 heterocycles. The van der Waals surface area contributed by atoms with E-state index in [1.807, 2.05) is 0 Å². The molecule has 1 aromatic rings. The van der Waals surface area contributed by atoms with Gasteiger partial charge in [0.2, 0.25) is 0 Å². The summed E-state index contributed by atoms with van der Waals surface area (Å²) >= 11 is 10.7. The molecule has 0 fully saturated rings. The molecular formula is C3H4Cl2N4. The molecule has 50 valence electrons. The minimum Gasteiger partial charge on any atom is -0.344 e. The number of aromatic nitrogens is 3. The molecule has 1 rings (SSSR count). The molecule has 9 heavy (non-hydrogen) atoms. The standard InChI is InChI=1S/C3HCl2N3.H3N/c4-2-1-3(5)7-8-6-2;/h1H;1H3. The summed E-state index contributed by atoms with van der Waals surface area (Å²) in [4.78, 5) is 0. The largest absolute Gasteiger partial charge is 0.344 e. The van der Waals surface area contributed by atoms with E-state index in [1.165, 1.54) is 6.07 Å². The first-order valence-electron chi connectivity index (χ1n) is 1.80. The summed E-state index contributed by atoms with van der Waals surface area (Å²) in [5.41, 5.74) is 0. The highest BCUT2D eigenvalue weighted by Crippen LogP contribution is 2.06. The van der Waals surface area contributed by atoms with Crippen LogP contribution >= 0.6 is 23.2 Å². The van der Waals surface area contributed by atoms with Crippen LogP contribution in [0.3, 0.4) is 0 Å². The van der Waals surface area contributed by atoms with Crippen molar-refractivity contribution in [3.8, 4) is 0 Å². The molecule has 0 aliphatic carbocycles. The van der Waals surface area contributed by atoms with Gasteiger partial charge in [0, 0.05) is 6.07 Å². The first-order valence-corrected chi connectivity index (χ1v) is 2.56. The van der Waals surface area contributed by atoms with Crippen molar-refractivity contribution < 1.29 is 0 Å². The summed E-state index contributed by atoms with van der Waals surface area (Å²) in [6, 6.07) is 1.41. The van der Waals surface area contributed by atoms with E-state index in [-0.39, 0.29) is 16.5 Å². The van der Waals surface area contributed by atoms with Crippen LogP contribution in [0, 0.1) is 0 Å². The summed E-state index contributed by atoms with van der Waals surface area (Å²) < 4.78 is 0. The Morgan fingerprint density at radius 3 is 1.78 bits per heavy atom. The predicted octanol–water partition coefficient (Wildman–Crippen LogP) is 1.34. The van der Waals surface area contributed by atoms with Gasteiger partial charge in [-0.25, -0.2) is 0 Å². The molecule has 0 aliphatic heterocycles. The number of halogens is 2. The van der Waals surface area contributed by atoms with Gasteiger partial charge in [-0.15, -0.1) is 10.2 Å². The second-order valence-corrected chi connectivity index (χ2v) is 1.85. The minimum absolute atomic E-state index is 0. The van der Waals surface area contributed by atoms with Gasteiger partial charge >= 0.3 is 0 Å². The van der Waals surface area contributed by atoms with Gasteiger partial charge in [0.15, 0.2) is 10.3 Å². The van der Waals surface area contributed by atoms with Crippen LogP contribution in [0.4, 0.5) is 0 Å². The van der Waals surface area contributed by atoms with Crippen molar-refractivity contribution in [3.05, 3.63) is 16.4 Å². The molecular weight excluding hydrogens is 163 g/mol. The van der Waals surface area contributed by atoms with Crippen molar-refractivity contribution in [1.82, 2.24) is 21.6 Å². The third kappa shape index (κ3) is 2.55. The Morgan fingerprint density at radius 1 is 1.11 bits per heavy atom. The van der Waals surface area contributed by atoms with E-state index in [4.69, 9.17) is 23.2 Å². The fraction of sp³-hybridized carbons (Fsp3) is 0. The van der Waals surface area contributed by atoms with Crippen molar-refractivity contribution in [2.45, 2.75) is 0 Å². The zero-order valence-electron chi connectivity index (χ0n) is 4.38. The van der Waals surface area contributed by atoms with Gasteiger partial charge in [0.25, 0.3) is 0 Å². The zero-order chi connectivity index (χ0) is 5.98. The smallest absolute Gasteiger partial charge is 0.156 e. The van der Waals surface area contributed by atoms with Crippen molar-refractivity contribution >= 4 is 23.2 Å². The average molecular weight is 167 g/mol. The summed E-state index contributed by atoms with van der Waals surface area (Å²) in [5.74, 6) is 0. The lowest BCUT2D eigenvalue weighted by molar-refractivity contribution is 0.866. The molecule has 3 N–H and O–H groups in total. The molecule has 1 aromatic heterocycles. The maximum atomic E-state index is 5.35. The second-order valence-electron chi connectivity index (χ2n) is 1.08. The van der Waals surface area contributed by atoms with Gasteiger partial charge in [-0.3, -0.25) is 0 Å². The number of nitrogens with zero attached hydrogens (tertiary/aromatic N) is 3. The molecule has 0 amide bonds. The van der Waals surface area contributed by atoms with Gasteiger partial charge < -0.3 is 6.15 Å². The Morgan fingerprint density at radius 2 is 1.56 bits per heavy atom. The molecule has 0 aliphatic rings. The normalized spacial score (nSPS) is 8.22. The van der Waals surface area contributed by atoms with Crippen LogP contribution in [-0.2, 0) is 0 Å². The monoisotopic (exact) mass is 166 g/mol. The van der Waals surface area contributed by atoms with Crippen LogP contribution in [0.2, 0.25) is 10.3 Å². The molecule has 0 radical (unpaired) electrons. The Labute approximate surface area is 61.8 Å². The second kappa shape index (κ2) is 3.55. The Hall–Kier alpha value is -0.450. The first kappa shape index (κ1) is 8.55. The Balaban J connectivity index is 0.000000640. The number of hydrogen-bond acceptors (Lipinski definition) is 4. The Bertz CT molecular complexity index is 174. The molecule has 0 unspecified atom stereocenters. The third-order valence-electron chi connectivity index (χ3n) is 0.519. The molecule has 0 bridgehead atoms. The van der Waals surface area contributed by atoms with Crippen molar-refractivity contribution in [3.63, 3.8) is 0 Å². The molecule has 0 aromatic carbocycles. The van der Waals surface area contributed by atoms with E-state index >= 15 is 0 Å². The van der Waals surface area contributed by atoms with Gasteiger partial charge in [0.05, 0.1) is 0 Å². The maximum Gasteiger partial charge on any atom is 0.156 e. The molecule has 0 saturated heterocycles. The van der Waals surface area contributed by atoms with E-state index in [1.54, 1.807) is 0 Å². The van der Waals surface area contributed by atoms with Crippen LogP contribution in [0.25, 0.3) is 0 Å². The van der Waals surface area contributed by atoms with E-state index in [0.717, 1.165) is 0 Å². The van der Waals surface area contributed by atoms with Crippen molar-refractivity contribution in [2.75, 3.05) is 0 Å². The fourth-order valence-electron chi connectivity index (χ4n) is 0.264. The predicted molar refractivity (Wildman–Crippen MR) is 34.9 cm³/mol. The molecule has 0 spiro atoms. The zero-order valence-corrected chi connectivity index (χ0v) is 5.89. The highest BCUT2D eigenvalue weighted by Gasteiger charge is 1.89. The van der Waals surface area contributed by atoms with Crippen LogP contribution in [0.5, 0.6) is 0 Å². The van der Waals surface area contributed by atoms with Crippen LogP contribution in [0.1, 0.15) is 0 Å². The van der Waals surface area contributed by atoms with Crippen LogP contribution < -0.4 is 6.15 Å². The van der Waals surface area contributed by atoms with Crippen LogP contribution in [0.15, 0.2) is 6.07 Å². The van der Waals surface area contributed by atoms with E-state index in [9.17, 15) is 0 Å². The molecule has 4 nitrogen and oxygen atoms in total. The number of hydrogen-bond donors (Lipinski definition) is 1. The highest BCUT2D eigenvalue weighted by molar-refractivity contribution is 6.32. The summed E-state index contributed by atoms with van der Waals surface area (Å²) in [6.07, 6.45) is 0. The fourth-order valence-corrected chi connectivity index (χ4v) is 0.594. The minimum atomic E-state index is 0. The third-order valence-corrected chi connectivity index (χ3v) is 0.888. The lowest BCUT2D eigenvalue weighted by atomic mass is 10.7. The van der Waals surface area contributed by atoms with E-state index in [2.05, 4.69) is 15.4 Å². The summed E-state index contributed by atoms with van der Waals surface area (Å²) in [5, 5.41) is 10.4. The average Bonchev–Trinajstić information content (AvgIpc) is 1.64. The first-order chi connectivity index (χ1) is 3.79. The van der Waals surface area contributed by atoms with E-state index in [0.29, 0.717) is 0 Å². The lowest BCUT2D eigenvalue weighted by Gasteiger charge is -1.83. The van der Waals surface area contributed by atoms with Gasteiger partial charge in [-0.1, -0.05) is 23.2 Å². The van der Waals surface area contributed by atoms with Gasteiger partial charge in [-0.05, 0) is 5.21 Å². The quantitative estimate of drug-likeness (QED) is 0.632. The molecule has 0 saturated carbocycles. The van der Waals surface area contributed by atoms with Crippen molar-refractivity contribution in [2.24, 2.45) is 0 Å².